The van der Waals surface area contributed by atoms with Crippen molar-refractivity contribution in [3.63, 3.8) is 0 Å². The lowest BCUT2D eigenvalue weighted by Crippen LogP contribution is -2.50. The number of rotatable bonds is 3. The molecule has 32 heavy (non-hydrogen) atoms. The number of aromatic nitrogens is 2. The summed E-state index contributed by atoms with van der Waals surface area (Å²) >= 11 is 0. The molecule has 2 aliphatic rings. The zero-order valence-corrected chi connectivity index (χ0v) is 16.7. The Morgan fingerprint density at radius 2 is 1.66 bits per heavy atom. The molecule has 0 spiro atoms. The minimum atomic E-state index is -0.795. The largest absolute Gasteiger partial charge is 0.502 e. The van der Waals surface area contributed by atoms with Gasteiger partial charge in [-0.05, 0) is 48.2 Å². The van der Waals surface area contributed by atoms with Crippen LogP contribution in [0.2, 0.25) is 0 Å². The van der Waals surface area contributed by atoms with Crippen molar-refractivity contribution in [2.45, 2.75) is 30.8 Å². The third kappa shape index (κ3) is 3.16. The number of amides is 1. The first kappa shape index (κ1) is 20.3. The predicted octanol–water partition coefficient (Wildman–Crippen LogP) is 3.36. The molecule has 0 unspecified atom stereocenters. The van der Waals surface area contributed by atoms with E-state index in [4.69, 9.17) is 0 Å². The van der Waals surface area contributed by atoms with E-state index in [0.29, 0.717) is 24.9 Å². The Morgan fingerprint density at radius 1 is 0.969 bits per heavy atom. The number of carbonyl (C=O) groups is 1. The number of hydrogen-bond donors (Lipinski definition) is 1. The quantitative estimate of drug-likeness (QED) is 0.677. The topological polar surface area (TPSA) is 75.4 Å². The van der Waals surface area contributed by atoms with Crippen molar-refractivity contribution in [2.75, 3.05) is 6.54 Å². The summed E-state index contributed by atoms with van der Waals surface area (Å²) in [4.78, 5) is 26.7. The van der Waals surface area contributed by atoms with E-state index in [-0.39, 0.29) is 11.3 Å². The molecule has 1 aromatic heterocycles. The van der Waals surface area contributed by atoms with Crippen molar-refractivity contribution in [3.05, 3.63) is 93.2 Å². The Morgan fingerprint density at radius 3 is 2.34 bits per heavy atom. The van der Waals surface area contributed by atoms with Crippen molar-refractivity contribution < 1.29 is 23.1 Å². The molecule has 2 aliphatic heterocycles. The van der Waals surface area contributed by atoms with Gasteiger partial charge in [0.05, 0.1) is 18.3 Å². The third-order valence-electron chi connectivity index (χ3n) is 6.24. The highest BCUT2D eigenvalue weighted by molar-refractivity contribution is 5.96. The van der Waals surface area contributed by atoms with Crippen LogP contribution in [0.5, 0.6) is 5.75 Å². The van der Waals surface area contributed by atoms with Crippen LogP contribution in [0.15, 0.2) is 53.5 Å². The molecule has 0 radical (unpaired) electrons. The predicted molar refractivity (Wildman–Crippen MR) is 108 cm³/mol. The number of fused-ring (bicyclic) bond motifs is 2. The Bertz CT molecular complexity index is 1260. The Balaban J connectivity index is 1.79. The molecule has 1 saturated heterocycles. The molecule has 0 aliphatic carbocycles. The van der Waals surface area contributed by atoms with Crippen LogP contribution >= 0.6 is 0 Å². The first-order valence-corrected chi connectivity index (χ1v) is 10.2. The second-order valence-corrected chi connectivity index (χ2v) is 8.08. The molecule has 1 N–H and O–H groups in total. The van der Waals surface area contributed by atoms with Gasteiger partial charge in [0.2, 0.25) is 5.43 Å². The molecule has 3 atom stereocenters. The SMILES string of the molecule is O=C1c2c(O)c(=O)cnn2[C@@H]([C@H](c2ccc(F)cc2)c2cc(F)cc(F)c2)[C@H]2CCCN12. The molecule has 2 aromatic carbocycles. The Kier molecular flexibility index (Phi) is 4.76. The van der Waals surface area contributed by atoms with E-state index < -0.39 is 52.5 Å². The van der Waals surface area contributed by atoms with Crippen molar-refractivity contribution in [3.8, 4) is 5.75 Å². The van der Waals surface area contributed by atoms with Crippen LogP contribution in [0.25, 0.3) is 0 Å². The summed E-state index contributed by atoms with van der Waals surface area (Å²) in [6.45, 7) is 0.413. The van der Waals surface area contributed by atoms with Crippen molar-refractivity contribution in [1.82, 2.24) is 14.7 Å². The van der Waals surface area contributed by atoms with Crippen molar-refractivity contribution >= 4 is 5.91 Å². The van der Waals surface area contributed by atoms with Crippen LogP contribution in [-0.4, -0.2) is 38.3 Å². The lowest BCUT2D eigenvalue weighted by atomic mass is 9.80. The lowest BCUT2D eigenvalue weighted by Gasteiger charge is -2.42. The Hall–Kier alpha value is -3.62. The van der Waals surface area contributed by atoms with Gasteiger partial charge in [-0.25, -0.2) is 13.2 Å². The maximum Gasteiger partial charge on any atom is 0.276 e. The first-order chi connectivity index (χ1) is 15.3. The van der Waals surface area contributed by atoms with Gasteiger partial charge in [0.1, 0.15) is 17.5 Å². The minimum absolute atomic E-state index is 0.260. The molecule has 0 bridgehead atoms. The van der Waals surface area contributed by atoms with Gasteiger partial charge in [0.25, 0.3) is 5.91 Å². The van der Waals surface area contributed by atoms with Gasteiger partial charge >= 0.3 is 0 Å². The summed E-state index contributed by atoms with van der Waals surface area (Å²) in [6.07, 6.45) is 2.19. The van der Waals surface area contributed by atoms with Crippen molar-refractivity contribution in [1.29, 1.82) is 0 Å². The van der Waals surface area contributed by atoms with E-state index >= 15 is 0 Å². The van der Waals surface area contributed by atoms with Crippen LogP contribution in [-0.2, 0) is 0 Å². The molecule has 164 valence electrons. The van der Waals surface area contributed by atoms with E-state index in [2.05, 4.69) is 5.10 Å². The Labute approximate surface area is 180 Å². The van der Waals surface area contributed by atoms with E-state index in [1.807, 2.05) is 0 Å². The molecule has 1 amide bonds. The molecular formula is C23H18F3N3O3. The van der Waals surface area contributed by atoms with E-state index in [0.717, 1.165) is 12.3 Å². The van der Waals surface area contributed by atoms with Gasteiger partial charge in [-0.3, -0.25) is 14.3 Å². The molecule has 3 aromatic rings. The molecule has 3 heterocycles. The molecule has 1 fully saturated rings. The fraction of sp³-hybridized carbons (Fsp3) is 0.261. The first-order valence-electron chi connectivity index (χ1n) is 10.2. The average Bonchev–Trinajstić information content (AvgIpc) is 3.23. The lowest BCUT2D eigenvalue weighted by molar-refractivity contribution is 0.0565. The summed E-state index contributed by atoms with van der Waals surface area (Å²) in [6, 6.07) is 7.57. The van der Waals surface area contributed by atoms with Crippen LogP contribution in [0.1, 0.15) is 46.4 Å². The second-order valence-electron chi connectivity index (χ2n) is 8.08. The number of carbonyl (C=O) groups excluding carboxylic acids is 1. The molecule has 9 heteroatoms. The zero-order valence-electron chi connectivity index (χ0n) is 16.7. The molecular weight excluding hydrogens is 423 g/mol. The number of benzene rings is 2. The maximum absolute atomic E-state index is 14.2. The molecule has 6 nitrogen and oxygen atoms in total. The standard InChI is InChI=1S/C23H18F3N3O3/c24-14-5-3-12(4-6-14)19(13-8-15(25)10-16(26)9-13)20-17-2-1-7-28(17)23(32)21-22(31)18(30)11-27-29(20)21/h3-6,8-11,17,19-20,31H,1-2,7H2/t17-,19-,20-/m1/s1. The van der Waals surface area contributed by atoms with Gasteiger partial charge in [-0.2, -0.15) is 5.10 Å². The highest BCUT2D eigenvalue weighted by atomic mass is 19.1. The third-order valence-corrected chi connectivity index (χ3v) is 6.24. The number of nitrogens with zero attached hydrogens (tertiary/aromatic N) is 3. The van der Waals surface area contributed by atoms with Crippen LogP contribution < -0.4 is 5.43 Å². The smallest absolute Gasteiger partial charge is 0.276 e. The highest BCUT2D eigenvalue weighted by Crippen LogP contribution is 2.45. The van der Waals surface area contributed by atoms with Crippen LogP contribution in [0, 0.1) is 17.5 Å². The average molecular weight is 441 g/mol. The monoisotopic (exact) mass is 441 g/mol. The summed E-state index contributed by atoms with van der Waals surface area (Å²) in [5, 5.41) is 14.5. The summed E-state index contributed by atoms with van der Waals surface area (Å²) in [5.74, 6) is -4.01. The van der Waals surface area contributed by atoms with E-state index in [1.54, 1.807) is 4.90 Å². The highest BCUT2D eigenvalue weighted by Gasteiger charge is 2.48. The van der Waals surface area contributed by atoms with Gasteiger partial charge in [-0.1, -0.05) is 12.1 Å². The minimum Gasteiger partial charge on any atom is -0.502 e. The number of aromatic hydroxyl groups is 1. The summed E-state index contributed by atoms with van der Waals surface area (Å²) in [7, 11) is 0. The summed E-state index contributed by atoms with van der Waals surface area (Å²) in [5.41, 5.74) is -0.236. The van der Waals surface area contributed by atoms with Crippen LogP contribution in [0.4, 0.5) is 13.2 Å². The number of halogens is 3. The fourth-order valence-electron chi connectivity index (χ4n) is 4.96. The van der Waals surface area contributed by atoms with Crippen molar-refractivity contribution in [2.24, 2.45) is 0 Å². The van der Waals surface area contributed by atoms with Gasteiger partial charge in [-0.15, -0.1) is 0 Å². The zero-order chi connectivity index (χ0) is 22.6. The van der Waals surface area contributed by atoms with Gasteiger partial charge in [0.15, 0.2) is 11.4 Å². The van der Waals surface area contributed by atoms with Gasteiger partial charge < -0.3 is 10.0 Å². The fourth-order valence-corrected chi connectivity index (χ4v) is 4.96. The second kappa shape index (κ2) is 7.51. The maximum atomic E-state index is 14.2. The normalized spacial score (nSPS) is 20.7. The van der Waals surface area contributed by atoms with Crippen LogP contribution in [0.3, 0.4) is 0 Å². The number of hydrogen-bond acceptors (Lipinski definition) is 4. The summed E-state index contributed by atoms with van der Waals surface area (Å²) < 4.78 is 43.4. The van der Waals surface area contributed by atoms with E-state index in [1.165, 1.54) is 41.1 Å². The van der Waals surface area contributed by atoms with E-state index in [9.17, 15) is 27.9 Å². The van der Waals surface area contributed by atoms with Gasteiger partial charge in [0, 0.05) is 18.5 Å². The molecule has 0 saturated carbocycles. The molecule has 5 rings (SSSR count).